The molecule has 0 saturated carbocycles. The van der Waals surface area contributed by atoms with Gasteiger partial charge in [-0.25, -0.2) is 0 Å². The van der Waals surface area contributed by atoms with Crippen LogP contribution < -0.4 is 11.5 Å². The van der Waals surface area contributed by atoms with Crippen molar-refractivity contribution in [1.29, 1.82) is 0 Å². The Bertz CT molecular complexity index is 468. The zero-order valence-corrected chi connectivity index (χ0v) is 15.8. The van der Waals surface area contributed by atoms with Crippen molar-refractivity contribution in [1.82, 2.24) is 0 Å². The van der Waals surface area contributed by atoms with Gasteiger partial charge in [0, 0.05) is 18.4 Å². The molecule has 6 atom stereocenters. The summed E-state index contributed by atoms with van der Waals surface area (Å²) in [5.74, 6) is 1.92. The van der Waals surface area contributed by atoms with E-state index >= 15 is 0 Å². The lowest BCUT2D eigenvalue weighted by molar-refractivity contribution is 0.00472. The molecule has 2 rings (SSSR count). The average Bonchev–Trinajstić information content (AvgIpc) is 2.55. The molecule has 4 N–H and O–H groups in total. The van der Waals surface area contributed by atoms with Crippen molar-refractivity contribution in [3.63, 3.8) is 0 Å². The van der Waals surface area contributed by atoms with Crippen molar-refractivity contribution in [2.24, 2.45) is 29.2 Å². The standard InChI is InChI=1S/C18H30N2O.C2H6/c1-6-11(2)14(5)21-17-10-16(19)9-15-8-7-12(3)13(4)18(15,17)20;1-2/h7-9,11-13,16-17H,5-6,10,19-20H2,1-4H3;1-2H3/t11?,12?,13?,16?,17-,18?;/m0./s1. The summed E-state index contributed by atoms with van der Waals surface area (Å²) in [5.41, 5.74) is 13.7. The Kier molecular flexibility index (Phi) is 7.09. The SMILES string of the molecule is C=C(O[C@H]1CC(N)C=C2C=CC(C)C(C)C21N)C(C)CC.CC. The molecule has 2 aliphatic carbocycles. The second-order valence-electron chi connectivity index (χ2n) is 6.84. The van der Waals surface area contributed by atoms with Gasteiger partial charge in [0.2, 0.25) is 0 Å². The predicted octanol–water partition coefficient (Wildman–Crippen LogP) is 4.15. The van der Waals surface area contributed by atoms with E-state index in [2.05, 4.69) is 52.5 Å². The van der Waals surface area contributed by atoms with E-state index in [1.165, 1.54) is 0 Å². The first kappa shape index (κ1) is 20.0. The maximum Gasteiger partial charge on any atom is 0.122 e. The molecule has 0 amide bonds. The minimum atomic E-state index is -0.472. The molecule has 3 nitrogen and oxygen atoms in total. The number of nitrogens with two attached hydrogens (primary N) is 2. The minimum Gasteiger partial charge on any atom is -0.493 e. The molecule has 0 radical (unpaired) electrons. The molecule has 3 heteroatoms. The van der Waals surface area contributed by atoms with Crippen LogP contribution in [0.1, 0.15) is 54.4 Å². The van der Waals surface area contributed by atoms with Crippen LogP contribution in [0.4, 0.5) is 0 Å². The fraction of sp³-hybridized carbons (Fsp3) is 0.700. The summed E-state index contributed by atoms with van der Waals surface area (Å²) >= 11 is 0. The molecule has 0 aromatic carbocycles. The molecule has 0 heterocycles. The second-order valence-corrected chi connectivity index (χ2v) is 6.84. The molecule has 0 aromatic heterocycles. The molecule has 0 saturated heterocycles. The fourth-order valence-corrected chi connectivity index (χ4v) is 3.36. The largest absolute Gasteiger partial charge is 0.493 e. The molecular weight excluding hydrogens is 284 g/mol. The van der Waals surface area contributed by atoms with E-state index in [1.54, 1.807) is 0 Å². The molecule has 23 heavy (non-hydrogen) atoms. The topological polar surface area (TPSA) is 61.3 Å². The van der Waals surface area contributed by atoms with Gasteiger partial charge in [0.1, 0.15) is 6.10 Å². The van der Waals surface area contributed by atoms with Gasteiger partial charge in [-0.1, -0.05) is 66.3 Å². The number of ether oxygens (including phenoxy) is 1. The van der Waals surface area contributed by atoms with E-state index in [-0.39, 0.29) is 12.1 Å². The first-order valence-corrected chi connectivity index (χ1v) is 9.11. The monoisotopic (exact) mass is 320 g/mol. The van der Waals surface area contributed by atoms with Crippen molar-refractivity contribution >= 4 is 0 Å². The van der Waals surface area contributed by atoms with Crippen LogP contribution in [0.3, 0.4) is 0 Å². The van der Waals surface area contributed by atoms with Gasteiger partial charge in [-0.3, -0.25) is 0 Å². The molecule has 5 unspecified atom stereocenters. The molecule has 132 valence electrons. The van der Waals surface area contributed by atoms with E-state index < -0.39 is 5.54 Å². The van der Waals surface area contributed by atoms with Gasteiger partial charge >= 0.3 is 0 Å². The van der Waals surface area contributed by atoms with Crippen LogP contribution in [0.2, 0.25) is 0 Å². The zero-order chi connectivity index (χ0) is 17.8. The van der Waals surface area contributed by atoms with E-state index in [0.717, 1.165) is 24.2 Å². The van der Waals surface area contributed by atoms with E-state index in [1.807, 2.05) is 13.8 Å². The molecule has 0 bridgehead atoms. The molecule has 0 fully saturated rings. The van der Waals surface area contributed by atoms with Crippen molar-refractivity contribution < 1.29 is 4.74 Å². The summed E-state index contributed by atoms with van der Waals surface area (Å²) in [6.45, 7) is 16.8. The van der Waals surface area contributed by atoms with Crippen LogP contribution in [-0.4, -0.2) is 17.7 Å². The maximum atomic E-state index is 6.85. The normalized spacial score (nSPS) is 37.0. The first-order chi connectivity index (χ1) is 10.8. The van der Waals surface area contributed by atoms with Crippen molar-refractivity contribution in [3.05, 3.63) is 36.1 Å². The predicted molar refractivity (Wildman–Crippen MR) is 99.9 cm³/mol. The molecular formula is C20H36N2O. The first-order valence-electron chi connectivity index (χ1n) is 9.11. The van der Waals surface area contributed by atoms with Gasteiger partial charge in [0.05, 0.1) is 11.3 Å². The number of hydrogen-bond donors (Lipinski definition) is 2. The summed E-state index contributed by atoms with van der Waals surface area (Å²) in [5, 5.41) is 0. The molecule has 0 spiro atoms. The van der Waals surface area contributed by atoms with E-state index in [9.17, 15) is 0 Å². The third-order valence-corrected chi connectivity index (χ3v) is 5.49. The summed E-state index contributed by atoms with van der Waals surface area (Å²) in [7, 11) is 0. The lowest BCUT2D eigenvalue weighted by atomic mass is 9.63. The van der Waals surface area contributed by atoms with Crippen molar-refractivity contribution in [2.75, 3.05) is 0 Å². The minimum absolute atomic E-state index is 0.00309. The number of hydrogen-bond acceptors (Lipinski definition) is 3. The molecule has 0 aliphatic heterocycles. The Labute approximate surface area is 142 Å². The van der Waals surface area contributed by atoms with Gasteiger partial charge in [0.25, 0.3) is 0 Å². The van der Waals surface area contributed by atoms with Crippen molar-refractivity contribution in [2.45, 2.75) is 72.1 Å². The van der Waals surface area contributed by atoms with Crippen LogP contribution in [0.25, 0.3) is 0 Å². The van der Waals surface area contributed by atoms with Crippen LogP contribution in [0, 0.1) is 17.8 Å². The van der Waals surface area contributed by atoms with E-state index in [4.69, 9.17) is 16.2 Å². The van der Waals surface area contributed by atoms with Gasteiger partial charge in [0.15, 0.2) is 0 Å². The maximum absolute atomic E-state index is 6.85. The summed E-state index contributed by atoms with van der Waals surface area (Å²) in [4.78, 5) is 0. The number of allylic oxidation sites excluding steroid dienone is 2. The third-order valence-electron chi connectivity index (χ3n) is 5.49. The zero-order valence-electron chi connectivity index (χ0n) is 15.8. The van der Waals surface area contributed by atoms with Crippen LogP contribution >= 0.6 is 0 Å². The Hall–Kier alpha value is -1.06. The second kappa shape index (κ2) is 8.16. The third kappa shape index (κ3) is 3.89. The lowest BCUT2D eigenvalue weighted by Crippen LogP contribution is -2.63. The number of rotatable bonds is 4. The summed E-state index contributed by atoms with van der Waals surface area (Å²) < 4.78 is 6.23. The Balaban J connectivity index is 0.00000127. The van der Waals surface area contributed by atoms with Gasteiger partial charge in [-0.05, 0) is 23.8 Å². The van der Waals surface area contributed by atoms with Crippen LogP contribution in [-0.2, 0) is 4.74 Å². The van der Waals surface area contributed by atoms with Crippen molar-refractivity contribution in [3.8, 4) is 0 Å². The Morgan fingerprint density at radius 1 is 1.43 bits per heavy atom. The summed E-state index contributed by atoms with van der Waals surface area (Å²) in [6, 6.07) is -0.00309. The highest BCUT2D eigenvalue weighted by Crippen LogP contribution is 2.43. The summed E-state index contributed by atoms with van der Waals surface area (Å²) in [6.07, 6.45) is 8.12. The highest BCUT2D eigenvalue weighted by molar-refractivity contribution is 5.41. The highest BCUT2D eigenvalue weighted by atomic mass is 16.5. The van der Waals surface area contributed by atoms with E-state index in [0.29, 0.717) is 17.8 Å². The number of fused-ring (bicyclic) bond motifs is 1. The fourth-order valence-electron chi connectivity index (χ4n) is 3.36. The van der Waals surface area contributed by atoms with Crippen LogP contribution in [0.5, 0.6) is 0 Å². The lowest BCUT2D eigenvalue weighted by Gasteiger charge is -2.50. The highest BCUT2D eigenvalue weighted by Gasteiger charge is 2.49. The smallest absolute Gasteiger partial charge is 0.122 e. The van der Waals surface area contributed by atoms with Gasteiger partial charge in [-0.15, -0.1) is 0 Å². The van der Waals surface area contributed by atoms with Gasteiger partial charge in [-0.2, -0.15) is 0 Å². The van der Waals surface area contributed by atoms with Crippen LogP contribution in [0.15, 0.2) is 36.1 Å². The molecule has 0 aromatic rings. The quantitative estimate of drug-likeness (QED) is 0.765. The van der Waals surface area contributed by atoms with Gasteiger partial charge < -0.3 is 16.2 Å². The average molecular weight is 321 g/mol. The molecule has 2 aliphatic rings. The Morgan fingerprint density at radius 3 is 2.61 bits per heavy atom. The Morgan fingerprint density at radius 2 is 2.04 bits per heavy atom.